The number of aryl methyl sites for hydroxylation is 3. The summed E-state index contributed by atoms with van der Waals surface area (Å²) in [5.74, 6) is -1.25. The third kappa shape index (κ3) is 20.6. The van der Waals surface area contributed by atoms with E-state index in [1.165, 1.54) is 0 Å². The van der Waals surface area contributed by atoms with Gasteiger partial charge in [0.25, 0.3) is 5.24 Å². The van der Waals surface area contributed by atoms with Crippen LogP contribution in [-0.4, -0.2) is 36.3 Å². The Kier molecular flexibility index (Phi) is 23.2. The number of benzene rings is 3. The molecule has 0 atom stereocenters. The average Bonchev–Trinajstić information content (AvgIpc) is 3.11. The molecular formula is C37H29Cl3F6I3N3O5S. The lowest BCUT2D eigenvalue weighted by molar-refractivity contribution is -0.138. The van der Waals surface area contributed by atoms with Crippen molar-refractivity contribution in [3.8, 4) is 0 Å². The van der Waals surface area contributed by atoms with E-state index in [-0.39, 0.29) is 23.7 Å². The van der Waals surface area contributed by atoms with Gasteiger partial charge < -0.3 is 10.8 Å². The fourth-order valence-corrected chi connectivity index (χ4v) is 5.51. The van der Waals surface area contributed by atoms with E-state index in [0.717, 1.165) is 64.1 Å². The number of rotatable bonds is 5. The van der Waals surface area contributed by atoms with E-state index in [9.17, 15) is 40.7 Å². The van der Waals surface area contributed by atoms with Crippen molar-refractivity contribution >= 4 is 133 Å². The Labute approximate surface area is 386 Å². The molecule has 0 aliphatic carbocycles. The summed E-state index contributed by atoms with van der Waals surface area (Å²) in [6.45, 7) is 5.86. The van der Waals surface area contributed by atoms with Crippen LogP contribution in [0.5, 0.6) is 0 Å². The molecule has 58 heavy (non-hydrogen) atoms. The van der Waals surface area contributed by atoms with Gasteiger partial charge in [-0.05, 0) is 171 Å². The van der Waals surface area contributed by atoms with Crippen LogP contribution in [0.4, 0.5) is 32.2 Å². The maximum atomic E-state index is 12.6. The van der Waals surface area contributed by atoms with Gasteiger partial charge in [0.1, 0.15) is 5.82 Å². The molecule has 2 aromatic heterocycles. The van der Waals surface area contributed by atoms with E-state index in [2.05, 4.69) is 99.1 Å². The van der Waals surface area contributed by atoms with Crippen molar-refractivity contribution in [1.82, 2.24) is 9.97 Å². The molecule has 0 saturated heterocycles. The van der Waals surface area contributed by atoms with E-state index in [1.54, 1.807) is 36.4 Å². The number of alkyl halides is 6. The van der Waals surface area contributed by atoms with Gasteiger partial charge in [-0.2, -0.15) is 26.3 Å². The third-order valence-electron chi connectivity index (χ3n) is 6.91. The summed E-state index contributed by atoms with van der Waals surface area (Å²) in [6.07, 6.45) is -6.82. The number of nitrogen functional groups attached to an aromatic ring is 1. The predicted molar refractivity (Wildman–Crippen MR) is 240 cm³/mol. The number of anilines is 1. The number of hydrogen-bond donors (Lipinski definition) is 2. The van der Waals surface area contributed by atoms with Gasteiger partial charge >= 0.3 is 18.3 Å². The summed E-state index contributed by atoms with van der Waals surface area (Å²) in [4.78, 5) is 40.5. The molecule has 0 spiro atoms. The molecule has 5 aromatic rings. The molecule has 0 aliphatic heterocycles. The molecule has 3 aromatic carbocycles. The van der Waals surface area contributed by atoms with Gasteiger partial charge in [-0.25, -0.2) is 14.0 Å². The zero-order chi connectivity index (χ0) is 44.5. The number of Topliss-reactive ketones (excluding diaryl/α,β-unsaturated/α-hetero) is 1. The molecule has 0 fully saturated rings. The lowest BCUT2D eigenvalue weighted by atomic mass is 10.0. The highest BCUT2D eigenvalue weighted by atomic mass is 127. The second kappa shape index (κ2) is 25.2. The molecule has 0 saturated carbocycles. The van der Waals surface area contributed by atoms with E-state index >= 15 is 0 Å². The van der Waals surface area contributed by atoms with Crippen LogP contribution < -0.4 is 5.73 Å². The molecule has 0 amide bonds. The number of carbonyl (C=O) groups is 3. The molecule has 312 valence electrons. The largest absolute Gasteiger partial charge is 0.478 e. The Balaban J connectivity index is 0.000000392. The molecule has 0 bridgehead atoms. The van der Waals surface area contributed by atoms with Crippen molar-refractivity contribution in [2.24, 2.45) is 0 Å². The molecule has 8 nitrogen and oxygen atoms in total. The summed E-state index contributed by atoms with van der Waals surface area (Å²) in [5.41, 5.74) is 8.29. The molecule has 3 N–H and O–H groups in total. The highest BCUT2D eigenvalue weighted by Gasteiger charge is 2.31. The number of nitrogens with zero attached hydrogens (tertiary/aromatic N) is 2. The van der Waals surface area contributed by atoms with Crippen LogP contribution in [0, 0.1) is 31.5 Å². The number of hydrogen-bond acceptors (Lipinski definition) is 7. The smallest absolute Gasteiger partial charge is 0.416 e. The van der Waals surface area contributed by atoms with Crippen LogP contribution in [0.3, 0.4) is 0 Å². The van der Waals surface area contributed by atoms with Gasteiger partial charge in [0.15, 0.2) is 5.78 Å². The maximum absolute atomic E-state index is 12.6. The maximum Gasteiger partial charge on any atom is 0.416 e. The van der Waals surface area contributed by atoms with Crippen molar-refractivity contribution in [2.45, 2.75) is 39.5 Å². The van der Waals surface area contributed by atoms with Gasteiger partial charge in [-0.15, -0.1) is 0 Å². The second-order valence-electron chi connectivity index (χ2n) is 11.3. The highest BCUT2D eigenvalue weighted by Crippen LogP contribution is 2.30. The van der Waals surface area contributed by atoms with Crippen molar-refractivity contribution in [2.75, 3.05) is 5.73 Å². The number of carboxylic acids is 1. The number of aromatic nitrogens is 2. The first-order valence-electron chi connectivity index (χ1n) is 15.5. The van der Waals surface area contributed by atoms with Crippen molar-refractivity contribution in [3.05, 3.63) is 152 Å². The van der Waals surface area contributed by atoms with Crippen LogP contribution in [0.1, 0.15) is 64.6 Å². The Morgan fingerprint density at radius 2 is 1.05 bits per heavy atom. The Morgan fingerprint density at radius 1 is 0.672 bits per heavy atom. The van der Waals surface area contributed by atoms with E-state index in [4.69, 9.17) is 26.7 Å². The van der Waals surface area contributed by atoms with E-state index in [0.29, 0.717) is 16.7 Å². The minimum absolute atomic E-state index is 0.116. The SMILES string of the molecule is Cc1ccc(C(=O)Cc2cc(C(F)(F)F)ccn2)cc1I.Cc1ccc(C(=O)Cl)cc1I.Cc1ccc(C(=O)O)cc1I.Nc1cc(C(F)(F)F)ccn1.O=S(Cl)Cl. The molecule has 0 radical (unpaired) electrons. The van der Waals surface area contributed by atoms with Gasteiger partial charge in [0.05, 0.1) is 23.1 Å². The average molecular weight is 1230 g/mol. The normalized spacial score (nSPS) is 10.6. The first kappa shape index (κ1) is 53.4. The number of carboxylic acid groups (broad SMARTS) is 1. The van der Waals surface area contributed by atoms with Crippen LogP contribution in [0.2, 0.25) is 0 Å². The summed E-state index contributed by atoms with van der Waals surface area (Å²) < 4.78 is 85.6. The summed E-state index contributed by atoms with van der Waals surface area (Å²) >= 11 is 11.7. The fraction of sp³-hybridized carbons (Fsp3) is 0.162. The van der Waals surface area contributed by atoms with Gasteiger partial charge in [-0.1, -0.05) is 24.3 Å². The molecule has 5 rings (SSSR count). The van der Waals surface area contributed by atoms with E-state index in [1.807, 2.05) is 39.0 Å². The van der Waals surface area contributed by atoms with Crippen molar-refractivity contribution in [1.29, 1.82) is 0 Å². The van der Waals surface area contributed by atoms with Crippen LogP contribution >= 0.6 is 101 Å². The molecular weight excluding hydrogens is 1200 g/mol. The van der Waals surface area contributed by atoms with Gasteiger partial charge in [0, 0.05) is 61.3 Å². The quantitative estimate of drug-likeness (QED) is 0.0767. The number of ketones is 1. The van der Waals surface area contributed by atoms with Crippen molar-refractivity contribution in [3.63, 3.8) is 0 Å². The molecule has 2 heterocycles. The molecule has 0 aliphatic rings. The number of halogens is 12. The second-order valence-corrected chi connectivity index (χ2v) is 17.6. The Morgan fingerprint density at radius 3 is 1.43 bits per heavy atom. The standard InChI is InChI=1S/C15H11F3INO.C8H6ClIO.C8H7IO2.C6H5F3N2.Cl2OS/c1-9-2-3-10(6-13(9)19)14(21)8-12-7-11(4-5-20-12)15(16,17)18;1-5-2-3-6(8(9)11)4-7(5)10;1-5-2-3-6(8(10)11)4-7(5)9;7-6(8,9)4-1-2-11-5(10)3-4;1-4(2)3/h2-7H,8H2,1H3;2-4H,1H3;2-4H,1H3,(H,10,11);1-3H,(H2,10,11);. The van der Waals surface area contributed by atoms with Crippen LogP contribution in [-0.2, 0) is 28.0 Å². The first-order valence-corrected chi connectivity index (χ1v) is 21.9. The topological polar surface area (TPSA) is 140 Å². The zero-order valence-corrected chi connectivity index (χ0v) is 39.4. The number of pyridine rings is 2. The molecule has 21 heteroatoms. The predicted octanol–water partition coefficient (Wildman–Crippen LogP) is 12.4. The lowest BCUT2D eigenvalue weighted by Crippen LogP contribution is -2.09. The third-order valence-corrected chi connectivity index (χ3v) is 10.6. The van der Waals surface area contributed by atoms with Crippen molar-refractivity contribution < 1.29 is 50.0 Å². The monoisotopic (exact) mass is 1230 g/mol. The van der Waals surface area contributed by atoms with Gasteiger partial charge in [0.2, 0.25) is 9.23 Å². The summed E-state index contributed by atoms with van der Waals surface area (Å²) in [7, 11) is 7.36. The minimum Gasteiger partial charge on any atom is -0.478 e. The number of aromatic carboxylic acids is 1. The lowest BCUT2D eigenvalue weighted by Gasteiger charge is -2.08. The summed E-state index contributed by atoms with van der Waals surface area (Å²) in [6, 6.07) is 19.2. The van der Waals surface area contributed by atoms with Crippen LogP contribution in [0.15, 0.2) is 91.3 Å². The fourth-order valence-electron chi connectivity index (χ4n) is 3.85. The zero-order valence-electron chi connectivity index (χ0n) is 29.9. The number of carbonyl (C=O) groups excluding carboxylic acids is 2. The minimum atomic E-state index is -4.43. The van der Waals surface area contributed by atoms with Crippen LogP contribution in [0.25, 0.3) is 0 Å². The number of nitrogens with two attached hydrogens (primary N) is 1. The Bertz CT molecular complexity index is 2170. The van der Waals surface area contributed by atoms with Gasteiger partial charge in [-0.3, -0.25) is 14.6 Å². The molecule has 0 unspecified atom stereocenters. The van der Waals surface area contributed by atoms with E-state index < -0.39 is 43.9 Å². The Hall–Kier alpha value is -2.64. The highest BCUT2D eigenvalue weighted by molar-refractivity contribution is 14.1. The summed E-state index contributed by atoms with van der Waals surface area (Å²) in [5, 5.41) is 8.20. The first-order chi connectivity index (χ1) is 26.7.